The highest BCUT2D eigenvalue weighted by molar-refractivity contribution is 7.94. The monoisotopic (exact) mass is 172 g/mol. The molecular weight excluding hydrogens is 160 g/mol. The molecule has 0 aliphatic carbocycles. The summed E-state index contributed by atoms with van der Waals surface area (Å²) < 4.78 is 21.6. The molecule has 0 heterocycles. The van der Waals surface area contributed by atoms with Crippen molar-refractivity contribution in [2.45, 2.75) is 6.92 Å². The second-order valence-corrected chi connectivity index (χ2v) is 4.40. The van der Waals surface area contributed by atoms with Crippen LogP contribution in [0, 0.1) is 0 Å². The van der Waals surface area contributed by atoms with E-state index in [0.29, 0.717) is 0 Å². The van der Waals surface area contributed by atoms with Crippen molar-refractivity contribution in [2.75, 3.05) is 6.26 Å². The van der Waals surface area contributed by atoms with Crippen molar-refractivity contribution in [3.8, 4) is 0 Å². The van der Waals surface area contributed by atoms with Crippen molar-refractivity contribution >= 4 is 9.84 Å². The Morgan fingerprint density at radius 1 is 1.45 bits per heavy atom. The maximum absolute atomic E-state index is 10.8. The van der Waals surface area contributed by atoms with Crippen LogP contribution >= 0.6 is 0 Å². The van der Waals surface area contributed by atoms with E-state index in [4.69, 9.17) is 0 Å². The van der Waals surface area contributed by atoms with Crippen molar-refractivity contribution < 1.29 is 8.42 Å². The van der Waals surface area contributed by atoms with E-state index in [0.717, 1.165) is 11.8 Å². The van der Waals surface area contributed by atoms with Crippen LogP contribution < -0.4 is 0 Å². The first-order chi connectivity index (χ1) is 4.88. The Morgan fingerprint density at radius 3 is 2.18 bits per heavy atom. The van der Waals surface area contributed by atoms with Gasteiger partial charge in [-0.15, -0.1) is 0 Å². The normalized spacial score (nSPS) is 12.7. The summed E-state index contributed by atoms with van der Waals surface area (Å²) in [5.74, 6) is 0. The van der Waals surface area contributed by atoms with Crippen LogP contribution in [0.3, 0.4) is 0 Å². The molecule has 0 N–H and O–H groups in total. The van der Waals surface area contributed by atoms with Gasteiger partial charge in [-0.1, -0.05) is 24.8 Å². The number of sulfone groups is 1. The highest BCUT2D eigenvalue weighted by Crippen LogP contribution is 2.06. The van der Waals surface area contributed by atoms with Gasteiger partial charge in [0.15, 0.2) is 9.84 Å². The van der Waals surface area contributed by atoms with E-state index < -0.39 is 9.84 Å². The molecule has 0 aliphatic rings. The molecule has 11 heavy (non-hydrogen) atoms. The highest BCUT2D eigenvalue weighted by Gasteiger charge is 2.03. The molecule has 0 aliphatic heterocycles. The number of allylic oxidation sites excluding steroid dienone is 3. The maximum atomic E-state index is 10.8. The van der Waals surface area contributed by atoms with E-state index >= 15 is 0 Å². The Hall–Kier alpha value is -0.830. The molecule has 2 nitrogen and oxygen atoms in total. The van der Waals surface area contributed by atoms with Gasteiger partial charge in [-0.25, -0.2) is 8.42 Å². The van der Waals surface area contributed by atoms with Crippen LogP contribution in [0.25, 0.3) is 0 Å². The van der Waals surface area contributed by atoms with Crippen molar-refractivity contribution in [1.82, 2.24) is 0 Å². The Morgan fingerprint density at radius 2 is 1.91 bits per heavy atom. The first-order valence-corrected chi connectivity index (χ1v) is 4.96. The molecule has 62 valence electrons. The fourth-order valence-electron chi connectivity index (χ4n) is 0.420. The third-order valence-electron chi connectivity index (χ3n) is 1.19. The molecule has 0 unspecified atom stereocenters. The number of rotatable bonds is 3. The molecule has 0 aromatic carbocycles. The summed E-state index contributed by atoms with van der Waals surface area (Å²) in [6.45, 7) is 8.66. The van der Waals surface area contributed by atoms with E-state index in [1.54, 1.807) is 13.0 Å². The largest absolute Gasteiger partial charge is 0.224 e. The van der Waals surface area contributed by atoms with E-state index in [-0.39, 0.29) is 4.91 Å². The third-order valence-corrected chi connectivity index (χ3v) is 2.26. The van der Waals surface area contributed by atoms with Crippen LogP contribution in [-0.4, -0.2) is 14.7 Å². The molecule has 3 heteroatoms. The Kier molecular flexibility index (Phi) is 3.26. The molecule has 0 aromatic heterocycles. The van der Waals surface area contributed by atoms with Gasteiger partial charge in [-0.05, 0) is 13.0 Å². The first-order valence-electron chi connectivity index (χ1n) is 3.07. The maximum Gasteiger partial charge on any atom is 0.174 e. The predicted octanol–water partition coefficient (Wildman–Crippen LogP) is 1.68. The van der Waals surface area contributed by atoms with Crippen LogP contribution in [0.2, 0.25) is 0 Å². The van der Waals surface area contributed by atoms with Gasteiger partial charge in [0.2, 0.25) is 0 Å². The van der Waals surface area contributed by atoms with Crippen molar-refractivity contribution in [3.63, 3.8) is 0 Å². The first kappa shape index (κ1) is 10.2. The Balaban J connectivity index is 4.70. The number of hydrogen-bond donors (Lipinski definition) is 0. The molecule has 0 aromatic rings. The molecule has 0 fully saturated rings. The average molecular weight is 172 g/mol. The van der Waals surface area contributed by atoms with Gasteiger partial charge in [0.25, 0.3) is 0 Å². The second kappa shape index (κ2) is 3.53. The summed E-state index contributed by atoms with van der Waals surface area (Å²) in [5.41, 5.74) is 0.792. The van der Waals surface area contributed by atoms with Gasteiger partial charge in [-0.3, -0.25) is 0 Å². The van der Waals surface area contributed by atoms with Gasteiger partial charge >= 0.3 is 0 Å². The summed E-state index contributed by atoms with van der Waals surface area (Å²) in [6, 6.07) is 0. The zero-order chi connectivity index (χ0) is 9.07. The van der Waals surface area contributed by atoms with E-state index in [2.05, 4.69) is 13.2 Å². The molecule has 0 atom stereocenters. The lowest BCUT2D eigenvalue weighted by Gasteiger charge is -1.95. The smallest absolute Gasteiger partial charge is 0.174 e. The van der Waals surface area contributed by atoms with Gasteiger partial charge in [0.05, 0.1) is 4.91 Å². The molecule has 0 bridgehead atoms. The SMILES string of the molecule is C=C/C(C)=C\C(=C)S(C)(=O)=O. The number of hydrogen-bond acceptors (Lipinski definition) is 2. The predicted molar refractivity (Wildman–Crippen MR) is 47.9 cm³/mol. The van der Waals surface area contributed by atoms with Crippen molar-refractivity contribution in [3.05, 3.63) is 35.8 Å². The lowest BCUT2D eigenvalue weighted by molar-refractivity contribution is 0.608. The van der Waals surface area contributed by atoms with Crippen LogP contribution in [-0.2, 0) is 9.84 Å². The fraction of sp³-hybridized carbons (Fsp3) is 0.250. The topological polar surface area (TPSA) is 34.1 Å². The highest BCUT2D eigenvalue weighted by atomic mass is 32.2. The lowest BCUT2D eigenvalue weighted by atomic mass is 10.3. The van der Waals surface area contributed by atoms with Gasteiger partial charge in [0, 0.05) is 6.26 Å². The van der Waals surface area contributed by atoms with E-state index in [1.165, 1.54) is 6.08 Å². The second-order valence-electron chi connectivity index (χ2n) is 2.33. The quantitative estimate of drug-likeness (QED) is 0.607. The summed E-state index contributed by atoms with van der Waals surface area (Å²) in [6.07, 6.45) is 4.20. The van der Waals surface area contributed by atoms with E-state index in [1.807, 2.05) is 0 Å². The van der Waals surface area contributed by atoms with Gasteiger partial charge in [0.1, 0.15) is 0 Å². The zero-order valence-corrected chi connectivity index (χ0v) is 7.61. The molecule has 0 rings (SSSR count). The average Bonchev–Trinajstić information content (AvgIpc) is 1.85. The minimum atomic E-state index is -3.13. The molecule has 0 spiro atoms. The fourth-order valence-corrected chi connectivity index (χ4v) is 0.820. The van der Waals surface area contributed by atoms with Crippen molar-refractivity contribution in [1.29, 1.82) is 0 Å². The summed E-state index contributed by atoms with van der Waals surface area (Å²) in [7, 11) is -3.13. The Bertz CT molecular complexity index is 294. The molecule has 0 radical (unpaired) electrons. The van der Waals surface area contributed by atoms with Crippen LogP contribution in [0.4, 0.5) is 0 Å². The minimum Gasteiger partial charge on any atom is -0.224 e. The molecule has 0 amide bonds. The standard InChI is InChI=1S/C8H12O2S/c1-5-7(2)6-8(3)11(4,9)10/h5-6H,1,3H2,2,4H3/b7-6-. The molecule has 0 saturated carbocycles. The van der Waals surface area contributed by atoms with Crippen LogP contribution in [0.15, 0.2) is 35.8 Å². The Labute approximate surface area is 67.9 Å². The lowest BCUT2D eigenvalue weighted by Crippen LogP contribution is -1.96. The summed E-state index contributed by atoms with van der Waals surface area (Å²) >= 11 is 0. The van der Waals surface area contributed by atoms with Crippen molar-refractivity contribution in [2.24, 2.45) is 0 Å². The van der Waals surface area contributed by atoms with Gasteiger partial charge < -0.3 is 0 Å². The summed E-state index contributed by atoms with van der Waals surface area (Å²) in [5, 5.41) is 0. The third kappa shape index (κ3) is 3.78. The minimum absolute atomic E-state index is 0.120. The van der Waals surface area contributed by atoms with Crippen LogP contribution in [0.5, 0.6) is 0 Å². The molecular formula is C8H12O2S. The molecule has 0 saturated heterocycles. The van der Waals surface area contributed by atoms with E-state index in [9.17, 15) is 8.42 Å². The van der Waals surface area contributed by atoms with Crippen LogP contribution in [0.1, 0.15) is 6.92 Å². The zero-order valence-electron chi connectivity index (χ0n) is 6.79. The van der Waals surface area contributed by atoms with Gasteiger partial charge in [-0.2, -0.15) is 0 Å². The summed E-state index contributed by atoms with van der Waals surface area (Å²) in [4.78, 5) is 0.120.